The lowest BCUT2D eigenvalue weighted by Crippen LogP contribution is -2.58. The molecule has 1 heterocycles. The second-order valence-electron chi connectivity index (χ2n) is 8.66. The first-order valence-corrected chi connectivity index (χ1v) is 13.9. The molecule has 14 heteroatoms. The lowest BCUT2D eigenvalue weighted by atomic mass is 10.0. The zero-order chi connectivity index (χ0) is 28.2. The third kappa shape index (κ3) is 9.26. The van der Waals surface area contributed by atoms with E-state index in [9.17, 15) is 29.1 Å². The molecule has 0 aliphatic heterocycles. The molecule has 9 N–H and O–H groups in total. The number of carbonyl (C=O) groups excluding carboxylic acids is 4. The molecule has 1 aromatic carbocycles. The van der Waals surface area contributed by atoms with Gasteiger partial charge in [0, 0.05) is 35.7 Å². The van der Waals surface area contributed by atoms with Crippen LogP contribution in [0.3, 0.4) is 0 Å². The number of benzene rings is 1. The highest BCUT2D eigenvalue weighted by Gasteiger charge is 2.30. The van der Waals surface area contributed by atoms with Crippen LogP contribution in [0.5, 0.6) is 0 Å². The Bertz CT molecular complexity index is 1140. The van der Waals surface area contributed by atoms with Crippen LogP contribution in [0.1, 0.15) is 24.8 Å². The first-order valence-electron chi connectivity index (χ1n) is 11.9. The van der Waals surface area contributed by atoms with Gasteiger partial charge in [-0.1, -0.05) is 18.2 Å². The summed E-state index contributed by atoms with van der Waals surface area (Å²) in [6, 6.07) is 2.91. The second-order valence-corrected chi connectivity index (χ2v) is 10.0. The Hall–Kier alpha value is -3.23. The fourth-order valence-electron chi connectivity index (χ4n) is 3.67. The zero-order valence-corrected chi connectivity index (χ0v) is 22.6. The Morgan fingerprint density at radius 2 is 1.63 bits per heavy atom. The van der Waals surface area contributed by atoms with Crippen LogP contribution in [0.4, 0.5) is 0 Å². The van der Waals surface area contributed by atoms with E-state index in [0.717, 1.165) is 16.5 Å². The van der Waals surface area contributed by atoms with E-state index < -0.39 is 53.8 Å². The molecular weight excluding hydrogens is 532 g/mol. The molecule has 1 aromatic heterocycles. The predicted molar refractivity (Wildman–Crippen MR) is 149 cm³/mol. The molecule has 12 nitrogen and oxygen atoms in total. The van der Waals surface area contributed by atoms with Gasteiger partial charge in [-0.15, -0.1) is 0 Å². The summed E-state index contributed by atoms with van der Waals surface area (Å²) in [5, 5.41) is 17.8. The average Bonchev–Trinajstić information content (AvgIpc) is 3.29. The quantitative estimate of drug-likeness (QED) is 0.124. The van der Waals surface area contributed by atoms with Crippen molar-refractivity contribution in [3.05, 3.63) is 36.0 Å². The van der Waals surface area contributed by atoms with E-state index in [1.54, 1.807) is 6.20 Å². The number of para-hydroxylation sites is 1. The van der Waals surface area contributed by atoms with Crippen LogP contribution in [0.2, 0.25) is 0 Å². The number of carbonyl (C=O) groups is 5. The molecule has 4 unspecified atom stereocenters. The molecule has 208 valence electrons. The van der Waals surface area contributed by atoms with Crippen LogP contribution < -0.4 is 27.4 Å². The smallest absolute Gasteiger partial charge is 0.326 e. The summed E-state index contributed by atoms with van der Waals surface area (Å²) >= 11 is 5.59. The van der Waals surface area contributed by atoms with Crippen molar-refractivity contribution < 1.29 is 29.1 Å². The fraction of sp³-hybridized carbons (Fsp3) is 0.458. The van der Waals surface area contributed by atoms with Crippen molar-refractivity contribution in [1.29, 1.82) is 0 Å². The number of primary amides is 1. The molecule has 4 atom stereocenters. The summed E-state index contributed by atoms with van der Waals surface area (Å²) < 4.78 is 0. The van der Waals surface area contributed by atoms with Crippen molar-refractivity contribution >= 4 is 64.9 Å². The molecule has 0 saturated carbocycles. The minimum atomic E-state index is -1.19. The van der Waals surface area contributed by atoms with Crippen LogP contribution in [0.15, 0.2) is 30.5 Å². The van der Waals surface area contributed by atoms with Gasteiger partial charge in [-0.3, -0.25) is 19.2 Å². The number of aromatic nitrogens is 1. The molecule has 4 amide bonds. The largest absolute Gasteiger partial charge is 0.480 e. The Morgan fingerprint density at radius 1 is 1.00 bits per heavy atom. The van der Waals surface area contributed by atoms with Crippen molar-refractivity contribution in [1.82, 2.24) is 20.9 Å². The van der Waals surface area contributed by atoms with E-state index in [-0.39, 0.29) is 31.4 Å². The molecule has 2 aromatic rings. The second kappa shape index (κ2) is 15.2. The number of carboxylic acids is 1. The number of hydrogen-bond acceptors (Lipinski definition) is 8. The normalized spacial score (nSPS) is 14.2. The maximum atomic E-state index is 13.3. The summed E-state index contributed by atoms with van der Waals surface area (Å²) in [6.07, 6.45) is 3.71. The first-order chi connectivity index (χ1) is 18.1. The van der Waals surface area contributed by atoms with Gasteiger partial charge in [-0.25, -0.2) is 4.79 Å². The maximum Gasteiger partial charge on any atom is 0.326 e. The highest BCUT2D eigenvalue weighted by Crippen LogP contribution is 2.19. The Balaban J connectivity index is 2.21. The lowest BCUT2D eigenvalue weighted by Gasteiger charge is -2.24. The number of hydrogen-bond donors (Lipinski definition) is 8. The molecule has 0 spiro atoms. The lowest BCUT2D eigenvalue weighted by molar-refractivity contribution is -0.142. The van der Waals surface area contributed by atoms with Gasteiger partial charge in [-0.05, 0) is 36.5 Å². The number of amides is 4. The molecule has 0 bridgehead atoms. The molecule has 0 radical (unpaired) electrons. The average molecular weight is 567 g/mol. The van der Waals surface area contributed by atoms with Gasteiger partial charge in [0.2, 0.25) is 23.6 Å². The number of H-pyrrole nitrogens is 1. The summed E-state index contributed by atoms with van der Waals surface area (Å²) in [4.78, 5) is 64.5. The number of thioether (sulfide) groups is 1. The van der Waals surface area contributed by atoms with E-state index >= 15 is 0 Å². The van der Waals surface area contributed by atoms with Crippen LogP contribution in [-0.4, -0.2) is 81.6 Å². The summed E-state index contributed by atoms with van der Waals surface area (Å²) in [5.74, 6) is -3.45. The van der Waals surface area contributed by atoms with E-state index in [4.69, 9.17) is 11.5 Å². The zero-order valence-electron chi connectivity index (χ0n) is 20.9. The van der Waals surface area contributed by atoms with E-state index in [1.807, 2.05) is 30.5 Å². The Kier molecular flexibility index (Phi) is 12.4. The highest BCUT2D eigenvalue weighted by atomic mass is 32.2. The third-order valence-corrected chi connectivity index (χ3v) is 6.82. The fourth-order valence-corrected chi connectivity index (χ4v) is 4.40. The van der Waals surface area contributed by atoms with E-state index in [0.29, 0.717) is 5.75 Å². The SMILES string of the molecule is CSCCC(NC(=O)C(CS)NC(=O)C(Cc1c[nH]c2ccccc12)NC(=O)C(N)CCC(N)=O)C(=O)O. The van der Waals surface area contributed by atoms with Crippen LogP contribution in [0.25, 0.3) is 10.9 Å². The maximum absolute atomic E-state index is 13.3. The van der Waals surface area contributed by atoms with Crippen LogP contribution in [0, 0.1) is 0 Å². The van der Waals surface area contributed by atoms with Crippen molar-refractivity contribution in [2.45, 2.75) is 49.9 Å². The molecular formula is C24H34N6O6S2. The van der Waals surface area contributed by atoms with Crippen LogP contribution >= 0.6 is 24.4 Å². The van der Waals surface area contributed by atoms with Crippen molar-refractivity contribution in [2.24, 2.45) is 11.5 Å². The monoisotopic (exact) mass is 566 g/mol. The third-order valence-electron chi connectivity index (χ3n) is 5.81. The number of carboxylic acid groups (broad SMARTS) is 1. The molecule has 0 fully saturated rings. The highest BCUT2D eigenvalue weighted by molar-refractivity contribution is 7.98. The number of fused-ring (bicyclic) bond motifs is 1. The van der Waals surface area contributed by atoms with Crippen LogP contribution in [-0.2, 0) is 30.4 Å². The van der Waals surface area contributed by atoms with Crippen molar-refractivity contribution in [3.8, 4) is 0 Å². The predicted octanol–water partition coefficient (Wildman–Crippen LogP) is -0.475. The Morgan fingerprint density at radius 3 is 2.26 bits per heavy atom. The minimum Gasteiger partial charge on any atom is -0.480 e. The Labute approximate surface area is 229 Å². The summed E-state index contributed by atoms with van der Waals surface area (Å²) in [5.41, 5.74) is 12.6. The number of aromatic amines is 1. The molecule has 0 saturated heterocycles. The van der Waals surface area contributed by atoms with E-state index in [1.165, 1.54) is 11.8 Å². The molecule has 0 aliphatic rings. The number of nitrogens with one attached hydrogen (secondary N) is 4. The summed E-state index contributed by atoms with van der Waals surface area (Å²) in [7, 11) is 0. The summed E-state index contributed by atoms with van der Waals surface area (Å²) in [6.45, 7) is 0. The number of nitrogens with two attached hydrogens (primary N) is 2. The van der Waals surface area contributed by atoms with Gasteiger partial charge < -0.3 is 37.5 Å². The molecule has 0 aliphatic carbocycles. The first kappa shape index (κ1) is 31.0. The number of thiol groups is 1. The van der Waals surface area contributed by atoms with Gasteiger partial charge in [0.15, 0.2) is 0 Å². The topological polar surface area (TPSA) is 210 Å². The van der Waals surface area contributed by atoms with Gasteiger partial charge in [0.05, 0.1) is 6.04 Å². The van der Waals surface area contributed by atoms with Gasteiger partial charge >= 0.3 is 5.97 Å². The van der Waals surface area contributed by atoms with Gasteiger partial charge in [-0.2, -0.15) is 24.4 Å². The number of rotatable bonds is 16. The number of aliphatic carboxylic acids is 1. The van der Waals surface area contributed by atoms with Gasteiger partial charge in [0.1, 0.15) is 18.1 Å². The molecule has 2 rings (SSSR count). The standard InChI is InChI=1S/C24H34N6O6S2/c1-38-9-8-17(24(35)36)28-23(34)19(12-37)30-22(33)18(29-21(32)15(25)6-7-20(26)31)10-13-11-27-16-5-3-2-4-14(13)16/h2-5,11,15,17-19,27,37H,6-10,12,25H2,1H3,(H2,26,31)(H,28,34)(H,29,32)(H,30,33)(H,35,36). The molecule has 38 heavy (non-hydrogen) atoms. The van der Waals surface area contributed by atoms with Crippen molar-refractivity contribution in [3.63, 3.8) is 0 Å². The van der Waals surface area contributed by atoms with E-state index in [2.05, 4.69) is 33.6 Å². The van der Waals surface area contributed by atoms with Crippen molar-refractivity contribution in [2.75, 3.05) is 17.8 Å². The van der Waals surface area contributed by atoms with Gasteiger partial charge in [0.25, 0.3) is 0 Å². The minimum absolute atomic E-state index is 0.00309.